The summed E-state index contributed by atoms with van der Waals surface area (Å²) in [5.74, 6) is 0. The van der Waals surface area contributed by atoms with Crippen molar-refractivity contribution in [1.82, 2.24) is 10.3 Å². The minimum atomic E-state index is -0.314. The molecule has 1 unspecified atom stereocenters. The van der Waals surface area contributed by atoms with Crippen molar-refractivity contribution < 1.29 is 0 Å². The summed E-state index contributed by atoms with van der Waals surface area (Å²) in [6.07, 6.45) is 1.80. The molecule has 0 aliphatic heterocycles. The Morgan fingerprint density at radius 3 is 2.93 bits per heavy atom. The lowest BCUT2D eigenvalue weighted by atomic mass is 9.96. The van der Waals surface area contributed by atoms with E-state index in [4.69, 9.17) is 5.26 Å². The van der Waals surface area contributed by atoms with E-state index in [1.54, 1.807) is 17.5 Å². The zero-order valence-corrected chi connectivity index (χ0v) is 9.56. The topological polar surface area (TPSA) is 48.7 Å². The van der Waals surface area contributed by atoms with Crippen LogP contribution < -0.4 is 5.32 Å². The van der Waals surface area contributed by atoms with Gasteiger partial charge in [0.1, 0.15) is 5.01 Å². The standard InChI is InChI=1S/C10H15N3S/c1-8(9-12-4-5-14-9)13-7-10(2,3)6-11/h4-5,8,13H,7H2,1-3H3. The van der Waals surface area contributed by atoms with Crippen LogP contribution in [0, 0.1) is 16.7 Å². The van der Waals surface area contributed by atoms with Gasteiger partial charge in [0.2, 0.25) is 0 Å². The first-order valence-corrected chi connectivity index (χ1v) is 5.47. The van der Waals surface area contributed by atoms with Gasteiger partial charge in [0.25, 0.3) is 0 Å². The van der Waals surface area contributed by atoms with Gasteiger partial charge in [-0.3, -0.25) is 0 Å². The molecule has 1 heterocycles. The Labute approximate surface area is 88.8 Å². The normalized spacial score (nSPS) is 13.6. The number of rotatable bonds is 4. The molecule has 76 valence electrons. The van der Waals surface area contributed by atoms with E-state index in [9.17, 15) is 0 Å². The minimum absolute atomic E-state index is 0.225. The van der Waals surface area contributed by atoms with Crippen LogP contribution in [-0.4, -0.2) is 11.5 Å². The number of nitriles is 1. The van der Waals surface area contributed by atoms with Gasteiger partial charge >= 0.3 is 0 Å². The summed E-state index contributed by atoms with van der Waals surface area (Å²) >= 11 is 1.63. The van der Waals surface area contributed by atoms with Gasteiger partial charge in [-0.25, -0.2) is 4.98 Å². The fraction of sp³-hybridized carbons (Fsp3) is 0.600. The van der Waals surface area contributed by atoms with Gasteiger partial charge in [-0.2, -0.15) is 5.26 Å². The molecule has 3 nitrogen and oxygen atoms in total. The molecule has 0 radical (unpaired) electrons. The van der Waals surface area contributed by atoms with Crippen LogP contribution >= 0.6 is 11.3 Å². The van der Waals surface area contributed by atoms with Crippen LogP contribution in [0.5, 0.6) is 0 Å². The maximum atomic E-state index is 8.83. The predicted octanol–water partition coefficient (Wildman–Crippen LogP) is 2.34. The molecule has 1 aromatic rings. The van der Waals surface area contributed by atoms with Gasteiger partial charge in [-0.15, -0.1) is 11.3 Å². The lowest BCUT2D eigenvalue weighted by Gasteiger charge is -2.19. The van der Waals surface area contributed by atoms with Gasteiger partial charge in [0.05, 0.1) is 17.5 Å². The molecule has 0 saturated heterocycles. The molecule has 14 heavy (non-hydrogen) atoms. The number of nitrogens with zero attached hydrogens (tertiary/aromatic N) is 2. The van der Waals surface area contributed by atoms with Gasteiger partial charge < -0.3 is 5.32 Å². The number of nitrogens with one attached hydrogen (secondary N) is 1. The van der Waals surface area contributed by atoms with Gasteiger partial charge in [-0.05, 0) is 20.8 Å². The van der Waals surface area contributed by atoms with Crippen molar-refractivity contribution >= 4 is 11.3 Å². The Kier molecular flexibility index (Phi) is 3.62. The Bertz CT molecular complexity index is 311. The molecule has 0 amide bonds. The number of thiazole rings is 1. The van der Waals surface area contributed by atoms with E-state index in [1.807, 2.05) is 19.2 Å². The van der Waals surface area contributed by atoms with Crippen LogP contribution in [0.3, 0.4) is 0 Å². The highest BCUT2D eigenvalue weighted by atomic mass is 32.1. The van der Waals surface area contributed by atoms with E-state index in [-0.39, 0.29) is 11.5 Å². The highest BCUT2D eigenvalue weighted by Crippen LogP contribution is 2.17. The first-order chi connectivity index (χ1) is 6.55. The Morgan fingerprint density at radius 1 is 1.71 bits per heavy atom. The molecule has 0 bridgehead atoms. The van der Waals surface area contributed by atoms with E-state index < -0.39 is 0 Å². The average molecular weight is 209 g/mol. The van der Waals surface area contributed by atoms with E-state index in [0.29, 0.717) is 6.54 Å². The third kappa shape index (κ3) is 3.09. The van der Waals surface area contributed by atoms with Crippen molar-refractivity contribution in [3.8, 4) is 6.07 Å². The Balaban J connectivity index is 2.44. The highest BCUT2D eigenvalue weighted by molar-refractivity contribution is 7.09. The first-order valence-electron chi connectivity index (χ1n) is 4.59. The Morgan fingerprint density at radius 2 is 2.43 bits per heavy atom. The molecule has 1 aromatic heterocycles. The molecule has 0 aliphatic carbocycles. The highest BCUT2D eigenvalue weighted by Gasteiger charge is 2.18. The summed E-state index contributed by atoms with van der Waals surface area (Å²) in [4.78, 5) is 4.22. The fourth-order valence-electron chi connectivity index (χ4n) is 0.983. The van der Waals surface area contributed by atoms with Crippen LogP contribution in [0.1, 0.15) is 31.8 Å². The molecule has 1 N–H and O–H groups in total. The van der Waals surface area contributed by atoms with E-state index in [0.717, 1.165) is 5.01 Å². The summed E-state index contributed by atoms with van der Waals surface area (Å²) in [6, 6.07) is 2.49. The minimum Gasteiger partial charge on any atom is -0.307 e. The van der Waals surface area contributed by atoms with Crippen molar-refractivity contribution in [1.29, 1.82) is 5.26 Å². The molecular formula is C10H15N3S. The maximum Gasteiger partial charge on any atom is 0.109 e. The van der Waals surface area contributed by atoms with E-state index in [1.165, 1.54) is 0 Å². The predicted molar refractivity (Wildman–Crippen MR) is 57.9 cm³/mol. The van der Waals surface area contributed by atoms with Crippen LogP contribution in [0.15, 0.2) is 11.6 Å². The largest absolute Gasteiger partial charge is 0.307 e. The molecular weight excluding hydrogens is 194 g/mol. The second-order valence-electron chi connectivity index (χ2n) is 3.97. The number of aromatic nitrogens is 1. The maximum absolute atomic E-state index is 8.83. The van der Waals surface area contributed by atoms with Crippen LogP contribution in [0.25, 0.3) is 0 Å². The van der Waals surface area contributed by atoms with Crippen molar-refractivity contribution in [2.45, 2.75) is 26.8 Å². The van der Waals surface area contributed by atoms with Crippen LogP contribution in [0.2, 0.25) is 0 Å². The summed E-state index contributed by atoms with van der Waals surface area (Å²) in [5.41, 5.74) is -0.314. The smallest absolute Gasteiger partial charge is 0.109 e. The third-order valence-electron chi connectivity index (χ3n) is 1.97. The molecule has 0 aliphatic rings. The van der Waals surface area contributed by atoms with Crippen molar-refractivity contribution in [3.05, 3.63) is 16.6 Å². The van der Waals surface area contributed by atoms with Crippen molar-refractivity contribution in [3.63, 3.8) is 0 Å². The van der Waals surface area contributed by atoms with Crippen LogP contribution in [0.4, 0.5) is 0 Å². The summed E-state index contributed by atoms with van der Waals surface area (Å²) in [6.45, 7) is 6.60. The number of hydrogen-bond acceptors (Lipinski definition) is 4. The number of hydrogen-bond donors (Lipinski definition) is 1. The molecule has 0 fully saturated rings. The van der Waals surface area contributed by atoms with Crippen molar-refractivity contribution in [2.75, 3.05) is 6.54 Å². The second kappa shape index (κ2) is 4.54. The SMILES string of the molecule is CC(NCC(C)(C)C#N)c1nccs1. The molecule has 1 atom stereocenters. The monoisotopic (exact) mass is 209 g/mol. The van der Waals surface area contributed by atoms with E-state index in [2.05, 4.69) is 23.3 Å². The molecule has 0 spiro atoms. The third-order valence-corrected chi connectivity index (χ3v) is 2.93. The average Bonchev–Trinajstić information content (AvgIpc) is 2.67. The molecule has 0 aromatic carbocycles. The molecule has 4 heteroatoms. The van der Waals surface area contributed by atoms with Gasteiger partial charge in [0.15, 0.2) is 0 Å². The summed E-state index contributed by atoms with van der Waals surface area (Å²) in [7, 11) is 0. The summed E-state index contributed by atoms with van der Waals surface area (Å²) < 4.78 is 0. The second-order valence-corrected chi connectivity index (χ2v) is 4.89. The zero-order chi connectivity index (χ0) is 10.6. The molecule has 0 saturated carbocycles. The fourth-order valence-corrected chi connectivity index (χ4v) is 1.65. The van der Waals surface area contributed by atoms with Crippen LogP contribution in [-0.2, 0) is 0 Å². The van der Waals surface area contributed by atoms with Crippen molar-refractivity contribution in [2.24, 2.45) is 5.41 Å². The summed E-state index contributed by atoms with van der Waals surface area (Å²) in [5, 5.41) is 15.2. The van der Waals surface area contributed by atoms with Gasteiger partial charge in [0, 0.05) is 18.1 Å². The lowest BCUT2D eigenvalue weighted by Crippen LogP contribution is -2.30. The lowest BCUT2D eigenvalue weighted by molar-refractivity contribution is 0.415. The molecule has 1 rings (SSSR count). The van der Waals surface area contributed by atoms with Gasteiger partial charge in [-0.1, -0.05) is 0 Å². The quantitative estimate of drug-likeness (QED) is 0.828. The Hall–Kier alpha value is -0.920. The first kappa shape index (κ1) is 11.2. The van der Waals surface area contributed by atoms with E-state index >= 15 is 0 Å². The zero-order valence-electron chi connectivity index (χ0n) is 8.74.